The lowest BCUT2D eigenvalue weighted by atomic mass is 10.1. The van der Waals surface area contributed by atoms with E-state index in [2.05, 4.69) is 5.32 Å². The number of anilines is 1. The largest absolute Gasteiger partial charge is 0.333 e. The fourth-order valence-electron chi connectivity index (χ4n) is 1.89. The Kier molecular flexibility index (Phi) is 5.26. The van der Waals surface area contributed by atoms with E-state index in [0.717, 1.165) is 5.56 Å². The van der Waals surface area contributed by atoms with Crippen LogP contribution in [0.5, 0.6) is 0 Å². The molecule has 0 atom stereocenters. The van der Waals surface area contributed by atoms with Gasteiger partial charge in [0.2, 0.25) is 0 Å². The molecule has 2 N–H and O–H groups in total. The van der Waals surface area contributed by atoms with Crippen LogP contribution in [-0.4, -0.2) is 20.2 Å². The first-order valence-corrected chi connectivity index (χ1v) is 8.76. The molecule has 0 aliphatic rings. The molecular formula is C16H15ClN2O4S. The molecule has 0 saturated carbocycles. The molecule has 2 aromatic rings. The van der Waals surface area contributed by atoms with Gasteiger partial charge < -0.3 is 5.32 Å². The minimum atomic E-state index is -4.01. The maximum Gasteiger partial charge on any atom is 0.333 e. The summed E-state index contributed by atoms with van der Waals surface area (Å²) in [4.78, 5) is 23.3. The molecule has 8 heteroatoms. The van der Waals surface area contributed by atoms with Gasteiger partial charge in [-0.3, -0.25) is 4.79 Å². The van der Waals surface area contributed by atoms with Gasteiger partial charge in [-0.15, -0.1) is 0 Å². The van der Waals surface area contributed by atoms with Crippen LogP contribution in [0.1, 0.15) is 22.8 Å². The number of halogens is 1. The summed E-state index contributed by atoms with van der Waals surface area (Å²) in [5.74, 6) is -0.206. The minimum absolute atomic E-state index is 0.0353. The third-order valence-electron chi connectivity index (χ3n) is 3.18. The summed E-state index contributed by atoms with van der Waals surface area (Å²) in [6.45, 7) is 3.19. The van der Waals surface area contributed by atoms with Gasteiger partial charge in [0.25, 0.3) is 10.0 Å². The maximum absolute atomic E-state index is 12.1. The van der Waals surface area contributed by atoms with Gasteiger partial charge >= 0.3 is 6.03 Å². The maximum atomic E-state index is 12.1. The number of carbonyl (C=O) groups excluding carboxylic acids is 2. The number of ketones is 1. The van der Waals surface area contributed by atoms with Gasteiger partial charge in [-0.25, -0.2) is 17.9 Å². The fraction of sp³-hybridized carbons (Fsp3) is 0.125. The normalized spacial score (nSPS) is 11.0. The second kappa shape index (κ2) is 7.02. The third-order valence-corrected chi connectivity index (χ3v) is 4.86. The van der Waals surface area contributed by atoms with Gasteiger partial charge in [0, 0.05) is 5.56 Å². The Morgan fingerprint density at radius 1 is 1.04 bits per heavy atom. The summed E-state index contributed by atoms with van der Waals surface area (Å²) in [6.07, 6.45) is 0. The number of hydrogen-bond donors (Lipinski definition) is 2. The quantitative estimate of drug-likeness (QED) is 0.811. The number of carbonyl (C=O) groups is 2. The van der Waals surface area contributed by atoms with Crippen molar-refractivity contribution in [2.75, 3.05) is 5.32 Å². The number of benzene rings is 2. The van der Waals surface area contributed by atoms with Crippen LogP contribution >= 0.6 is 11.6 Å². The fourth-order valence-corrected chi connectivity index (χ4v) is 2.96. The molecule has 0 bridgehead atoms. The van der Waals surface area contributed by atoms with Gasteiger partial charge in [-0.1, -0.05) is 29.3 Å². The topological polar surface area (TPSA) is 92.3 Å². The van der Waals surface area contributed by atoms with Crippen LogP contribution in [0.4, 0.5) is 10.5 Å². The van der Waals surface area contributed by atoms with Gasteiger partial charge in [-0.2, -0.15) is 0 Å². The van der Waals surface area contributed by atoms with E-state index >= 15 is 0 Å². The highest BCUT2D eigenvalue weighted by Gasteiger charge is 2.18. The monoisotopic (exact) mass is 366 g/mol. The average Bonchev–Trinajstić information content (AvgIpc) is 2.49. The van der Waals surface area contributed by atoms with Crippen LogP contribution in [0.3, 0.4) is 0 Å². The molecule has 0 radical (unpaired) electrons. The molecule has 0 heterocycles. The van der Waals surface area contributed by atoms with Crippen LogP contribution in [0, 0.1) is 6.92 Å². The average molecular weight is 367 g/mol. The van der Waals surface area contributed by atoms with Crippen LogP contribution < -0.4 is 10.0 Å². The zero-order chi connectivity index (χ0) is 17.9. The molecule has 0 aliphatic heterocycles. The standard InChI is InChI=1S/C16H15ClN2O4S/c1-10-3-6-13(7-4-10)24(22,23)19-16(21)18-15-9-12(11(2)20)5-8-14(15)17/h3-9H,1-2H3,(H2,18,19,21). The van der Waals surface area contributed by atoms with Crippen molar-refractivity contribution in [2.24, 2.45) is 0 Å². The highest BCUT2D eigenvalue weighted by molar-refractivity contribution is 7.90. The van der Waals surface area contributed by atoms with Crippen molar-refractivity contribution in [1.29, 1.82) is 0 Å². The zero-order valence-electron chi connectivity index (χ0n) is 13.0. The van der Waals surface area contributed by atoms with E-state index in [1.165, 1.54) is 37.3 Å². The minimum Gasteiger partial charge on any atom is -0.306 e. The van der Waals surface area contributed by atoms with Crippen LogP contribution in [-0.2, 0) is 10.0 Å². The first kappa shape index (κ1) is 18.0. The Morgan fingerprint density at radius 2 is 1.67 bits per heavy atom. The van der Waals surface area contributed by atoms with Gasteiger partial charge in [0.1, 0.15) is 0 Å². The van der Waals surface area contributed by atoms with Crippen molar-refractivity contribution in [1.82, 2.24) is 4.72 Å². The molecule has 2 aromatic carbocycles. The molecular weight excluding hydrogens is 352 g/mol. The molecule has 0 spiro atoms. The second-order valence-electron chi connectivity index (χ2n) is 5.12. The Hall–Kier alpha value is -2.38. The summed E-state index contributed by atoms with van der Waals surface area (Å²) in [5.41, 5.74) is 1.38. The van der Waals surface area contributed by atoms with Gasteiger partial charge in [-0.05, 0) is 44.2 Å². The van der Waals surface area contributed by atoms with E-state index in [4.69, 9.17) is 11.6 Å². The van der Waals surface area contributed by atoms with E-state index in [1.54, 1.807) is 12.1 Å². The van der Waals surface area contributed by atoms with Crippen LogP contribution in [0.15, 0.2) is 47.4 Å². The van der Waals surface area contributed by atoms with E-state index < -0.39 is 16.1 Å². The predicted octanol–water partition coefficient (Wildman–Crippen LogP) is 3.36. The molecule has 2 rings (SSSR count). The molecule has 2 amide bonds. The molecule has 126 valence electrons. The second-order valence-corrected chi connectivity index (χ2v) is 7.21. The summed E-state index contributed by atoms with van der Waals surface area (Å²) in [6, 6.07) is 9.40. The van der Waals surface area contributed by atoms with Crippen molar-refractivity contribution in [2.45, 2.75) is 18.7 Å². The van der Waals surface area contributed by atoms with Crippen molar-refractivity contribution in [3.8, 4) is 0 Å². The SMILES string of the molecule is CC(=O)c1ccc(Cl)c(NC(=O)NS(=O)(=O)c2ccc(C)cc2)c1. The lowest BCUT2D eigenvalue weighted by Gasteiger charge is -2.11. The van der Waals surface area contributed by atoms with E-state index in [9.17, 15) is 18.0 Å². The van der Waals surface area contributed by atoms with Crippen LogP contribution in [0.2, 0.25) is 5.02 Å². The number of nitrogens with one attached hydrogen (secondary N) is 2. The summed E-state index contributed by atoms with van der Waals surface area (Å²) in [7, 11) is -4.01. The van der Waals surface area contributed by atoms with Gasteiger partial charge in [0.05, 0.1) is 15.6 Å². The molecule has 0 fully saturated rings. The smallest absolute Gasteiger partial charge is 0.306 e. The number of urea groups is 1. The molecule has 24 heavy (non-hydrogen) atoms. The highest BCUT2D eigenvalue weighted by atomic mass is 35.5. The number of hydrogen-bond acceptors (Lipinski definition) is 4. The lowest BCUT2D eigenvalue weighted by Crippen LogP contribution is -2.34. The number of amides is 2. The van der Waals surface area contributed by atoms with Crippen molar-refractivity contribution < 1.29 is 18.0 Å². The van der Waals surface area contributed by atoms with Crippen molar-refractivity contribution in [3.63, 3.8) is 0 Å². The third kappa shape index (κ3) is 4.33. The summed E-state index contributed by atoms with van der Waals surface area (Å²) in [5, 5.41) is 2.51. The Morgan fingerprint density at radius 3 is 2.25 bits per heavy atom. The zero-order valence-corrected chi connectivity index (χ0v) is 14.5. The number of aryl methyl sites for hydroxylation is 1. The Balaban J connectivity index is 2.17. The van der Waals surface area contributed by atoms with E-state index in [0.29, 0.717) is 5.56 Å². The summed E-state index contributed by atoms with van der Waals surface area (Å²) < 4.78 is 26.2. The van der Waals surface area contributed by atoms with Crippen LogP contribution in [0.25, 0.3) is 0 Å². The molecule has 6 nitrogen and oxygen atoms in total. The highest BCUT2D eigenvalue weighted by Crippen LogP contribution is 2.23. The van der Waals surface area contributed by atoms with Crippen molar-refractivity contribution >= 4 is 39.1 Å². The lowest BCUT2D eigenvalue weighted by molar-refractivity contribution is 0.101. The molecule has 0 unspecified atom stereocenters. The number of Topliss-reactive ketones (excluding diaryl/α,β-unsaturated/α-hetero) is 1. The molecule has 0 saturated heterocycles. The number of sulfonamides is 1. The number of rotatable bonds is 4. The van der Waals surface area contributed by atoms with E-state index in [1.807, 2.05) is 11.6 Å². The Bertz CT molecular complexity index is 893. The first-order valence-electron chi connectivity index (χ1n) is 6.90. The van der Waals surface area contributed by atoms with E-state index in [-0.39, 0.29) is 21.4 Å². The Labute approximate surface area is 144 Å². The first-order chi connectivity index (χ1) is 11.2. The van der Waals surface area contributed by atoms with Crippen molar-refractivity contribution in [3.05, 3.63) is 58.6 Å². The molecule has 0 aromatic heterocycles. The van der Waals surface area contributed by atoms with Gasteiger partial charge in [0.15, 0.2) is 5.78 Å². The predicted molar refractivity (Wildman–Crippen MR) is 92.0 cm³/mol. The molecule has 0 aliphatic carbocycles. The summed E-state index contributed by atoms with van der Waals surface area (Å²) >= 11 is 5.95.